The first-order valence-corrected chi connectivity index (χ1v) is 16.4. The van der Waals surface area contributed by atoms with Crippen molar-refractivity contribution in [2.24, 2.45) is 16.8 Å². The molecule has 0 radical (unpaired) electrons. The van der Waals surface area contributed by atoms with Crippen LogP contribution in [0, 0.1) is 10.8 Å². The average Bonchev–Trinajstić information content (AvgIpc) is 3.78. The lowest BCUT2D eigenvalue weighted by atomic mass is 9.86. The molecule has 12 heteroatoms. The monoisotopic (exact) mass is 664 g/mol. The molecule has 3 aliphatic heterocycles. The number of benzene rings is 1. The fourth-order valence-electron chi connectivity index (χ4n) is 6.23. The highest BCUT2D eigenvalue weighted by atomic mass is 16.6. The van der Waals surface area contributed by atoms with Gasteiger partial charge in [0.2, 0.25) is 11.8 Å². The lowest BCUT2D eigenvalue weighted by molar-refractivity contribution is -0.143. The number of nitroso groups, excluding NO2 is 1. The lowest BCUT2D eigenvalue weighted by Gasteiger charge is -2.39. The zero-order valence-corrected chi connectivity index (χ0v) is 28.3. The number of carbonyl (C=O) groups is 3. The number of nitrogens with zero attached hydrogens (tertiary/aromatic N) is 1. The van der Waals surface area contributed by atoms with E-state index in [0.717, 1.165) is 17.6 Å². The standard InChI is InChI=1S/C36H48N4O8/c1-21(7-14-31-22(2)17-30(25(5)47-31)39-33(42)16-9-23(3)46-26(6)41)8-15-32-35(40-44)36(20-45-36)19-29(48-32)18-34(43)38-28-12-10-27(11-13-28)24(4)37/h7-13,15-16,22-23,25,29-32,35H,4,14,17-20,37H2,1-3,5-6H3,(H,38,43)(H,39,42)/b15-8+,16-9-,21-7+/t22-,23-,25+,29+,30+,31-,32+,35+,36+/m0/s1. The Labute approximate surface area is 282 Å². The summed E-state index contributed by atoms with van der Waals surface area (Å²) in [6, 6.07) is 6.23. The third kappa shape index (κ3) is 10.2. The van der Waals surface area contributed by atoms with Gasteiger partial charge in [-0.15, -0.1) is 0 Å². The van der Waals surface area contributed by atoms with E-state index >= 15 is 0 Å². The maximum atomic E-state index is 12.9. The van der Waals surface area contributed by atoms with Crippen molar-refractivity contribution >= 4 is 29.2 Å². The Morgan fingerprint density at radius 1 is 1.17 bits per heavy atom. The van der Waals surface area contributed by atoms with E-state index in [0.29, 0.717) is 30.8 Å². The Kier molecular flexibility index (Phi) is 12.5. The average molecular weight is 665 g/mol. The smallest absolute Gasteiger partial charge is 0.303 e. The molecule has 9 atom stereocenters. The molecule has 0 bridgehead atoms. The van der Waals surface area contributed by atoms with Gasteiger partial charge in [0.15, 0.2) is 6.04 Å². The van der Waals surface area contributed by atoms with Gasteiger partial charge in [-0.2, -0.15) is 4.91 Å². The zero-order chi connectivity index (χ0) is 35.0. The van der Waals surface area contributed by atoms with Crippen LogP contribution < -0.4 is 16.4 Å². The third-order valence-electron chi connectivity index (χ3n) is 8.99. The van der Waals surface area contributed by atoms with E-state index < -0.39 is 35.9 Å². The minimum atomic E-state index is -0.718. The molecular weight excluding hydrogens is 616 g/mol. The van der Waals surface area contributed by atoms with Crippen LogP contribution in [0.4, 0.5) is 5.69 Å². The molecule has 4 rings (SSSR count). The van der Waals surface area contributed by atoms with E-state index in [1.54, 1.807) is 37.3 Å². The first-order valence-electron chi connectivity index (χ1n) is 16.4. The minimum Gasteiger partial charge on any atom is -0.459 e. The molecule has 2 amide bonds. The fourth-order valence-corrected chi connectivity index (χ4v) is 6.23. The van der Waals surface area contributed by atoms with Gasteiger partial charge in [-0.1, -0.05) is 54.6 Å². The van der Waals surface area contributed by atoms with Crippen LogP contribution in [0.2, 0.25) is 0 Å². The number of amides is 2. The Bertz CT molecular complexity index is 1430. The molecule has 12 nitrogen and oxygen atoms in total. The summed E-state index contributed by atoms with van der Waals surface area (Å²) in [5.41, 5.74) is 7.83. The van der Waals surface area contributed by atoms with Gasteiger partial charge in [-0.05, 0) is 63.3 Å². The predicted octanol–water partition coefficient (Wildman–Crippen LogP) is 4.70. The van der Waals surface area contributed by atoms with Gasteiger partial charge < -0.3 is 35.3 Å². The number of nitrogens with one attached hydrogen (secondary N) is 2. The molecule has 3 saturated heterocycles. The summed E-state index contributed by atoms with van der Waals surface area (Å²) in [5, 5.41) is 9.24. The van der Waals surface area contributed by atoms with Crippen molar-refractivity contribution in [2.45, 2.75) is 109 Å². The van der Waals surface area contributed by atoms with Crippen molar-refractivity contribution in [1.82, 2.24) is 5.32 Å². The van der Waals surface area contributed by atoms with Crippen LogP contribution >= 0.6 is 0 Å². The first kappa shape index (κ1) is 36.7. The summed E-state index contributed by atoms with van der Waals surface area (Å²) in [7, 11) is 0. The van der Waals surface area contributed by atoms with Gasteiger partial charge >= 0.3 is 5.97 Å². The number of hydrogen-bond acceptors (Lipinski definition) is 10. The van der Waals surface area contributed by atoms with Crippen LogP contribution in [-0.4, -0.2) is 72.6 Å². The molecular formula is C36H48N4O8. The van der Waals surface area contributed by atoms with Crippen LogP contribution in [0.5, 0.6) is 0 Å². The van der Waals surface area contributed by atoms with E-state index in [2.05, 4.69) is 35.4 Å². The van der Waals surface area contributed by atoms with Gasteiger partial charge in [0.25, 0.3) is 0 Å². The van der Waals surface area contributed by atoms with E-state index in [1.807, 2.05) is 26.0 Å². The quantitative estimate of drug-likeness (QED) is 0.0889. The summed E-state index contributed by atoms with van der Waals surface area (Å²) >= 11 is 0. The number of ether oxygens (including phenoxy) is 4. The van der Waals surface area contributed by atoms with Crippen LogP contribution in [0.1, 0.15) is 65.9 Å². The molecule has 3 fully saturated rings. The Hall–Kier alpha value is -4.13. The van der Waals surface area contributed by atoms with Crippen LogP contribution in [0.15, 0.2) is 72.0 Å². The molecule has 0 aromatic heterocycles. The van der Waals surface area contributed by atoms with Gasteiger partial charge in [-0.3, -0.25) is 14.4 Å². The van der Waals surface area contributed by atoms with E-state index in [4.69, 9.17) is 24.7 Å². The van der Waals surface area contributed by atoms with Crippen molar-refractivity contribution < 1.29 is 33.3 Å². The molecule has 0 unspecified atom stereocenters. The van der Waals surface area contributed by atoms with E-state index in [-0.39, 0.29) is 42.4 Å². The minimum absolute atomic E-state index is 0.0392. The first-order chi connectivity index (χ1) is 22.8. The predicted molar refractivity (Wildman–Crippen MR) is 182 cm³/mol. The number of epoxide rings is 1. The zero-order valence-electron chi connectivity index (χ0n) is 28.3. The van der Waals surface area contributed by atoms with Gasteiger partial charge in [-0.25, -0.2) is 0 Å². The maximum absolute atomic E-state index is 12.9. The van der Waals surface area contributed by atoms with Gasteiger partial charge in [0.1, 0.15) is 17.8 Å². The normalized spacial score (nSPS) is 30.9. The molecule has 3 aliphatic rings. The molecule has 1 spiro atoms. The highest BCUT2D eigenvalue weighted by Crippen LogP contribution is 2.45. The molecule has 1 aromatic rings. The van der Waals surface area contributed by atoms with E-state index in [9.17, 15) is 19.3 Å². The number of carbonyl (C=O) groups excluding carboxylic acids is 3. The number of rotatable bonds is 13. The highest BCUT2D eigenvalue weighted by molar-refractivity contribution is 5.91. The Morgan fingerprint density at radius 2 is 1.88 bits per heavy atom. The molecule has 260 valence electrons. The largest absolute Gasteiger partial charge is 0.459 e. The molecule has 3 heterocycles. The second-order valence-corrected chi connectivity index (χ2v) is 13.1. The van der Waals surface area contributed by atoms with Crippen LogP contribution in [-0.2, 0) is 33.3 Å². The third-order valence-corrected chi connectivity index (χ3v) is 8.99. The van der Waals surface area contributed by atoms with Crippen molar-refractivity contribution in [3.63, 3.8) is 0 Å². The molecule has 0 saturated carbocycles. The summed E-state index contributed by atoms with van der Waals surface area (Å²) in [5.74, 6) is -0.697. The summed E-state index contributed by atoms with van der Waals surface area (Å²) < 4.78 is 23.3. The summed E-state index contributed by atoms with van der Waals surface area (Å²) in [4.78, 5) is 48.3. The highest BCUT2D eigenvalue weighted by Gasteiger charge is 2.60. The molecule has 1 aromatic carbocycles. The number of allylic oxidation sites excluding steroid dienone is 2. The fraction of sp³-hybridized carbons (Fsp3) is 0.528. The molecule has 0 aliphatic carbocycles. The summed E-state index contributed by atoms with van der Waals surface area (Å²) in [6.07, 6.45) is 8.82. The van der Waals surface area contributed by atoms with Crippen molar-refractivity contribution in [3.05, 3.63) is 77.3 Å². The number of esters is 1. The van der Waals surface area contributed by atoms with Crippen molar-refractivity contribution in [1.29, 1.82) is 0 Å². The second-order valence-electron chi connectivity index (χ2n) is 13.1. The van der Waals surface area contributed by atoms with Gasteiger partial charge in [0.05, 0.1) is 37.4 Å². The van der Waals surface area contributed by atoms with Crippen molar-refractivity contribution in [3.8, 4) is 0 Å². The Balaban J connectivity index is 1.29. The second kappa shape index (κ2) is 16.3. The maximum Gasteiger partial charge on any atom is 0.303 e. The van der Waals surface area contributed by atoms with Gasteiger partial charge in [0, 0.05) is 30.8 Å². The SMILES string of the molecule is C=C(N)c1ccc(NC(=O)C[C@@H]2C[C@@]3(CO3)[C@H](N=O)[C@@H](/C=C/C(C)=C/C[C@@H]3O[C@H](C)[C@H](NC(=O)/C=C\[C@H](C)OC(C)=O)C[C@@H]3C)O2)cc1. The van der Waals surface area contributed by atoms with E-state index in [1.165, 1.54) is 13.0 Å². The number of anilines is 1. The van der Waals surface area contributed by atoms with Crippen LogP contribution in [0.25, 0.3) is 5.70 Å². The topological polar surface area (TPSA) is 171 Å². The summed E-state index contributed by atoms with van der Waals surface area (Å²) in [6.45, 7) is 13.1. The lowest BCUT2D eigenvalue weighted by Crippen LogP contribution is -2.50. The number of nitrogens with two attached hydrogens (primary N) is 1. The van der Waals surface area contributed by atoms with Crippen molar-refractivity contribution in [2.75, 3.05) is 11.9 Å². The number of hydrogen-bond donors (Lipinski definition) is 3. The molecule has 48 heavy (non-hydrogen) atoms. The van der Waals surface area contributed by atoms with Crippen LogP contribution in [0.3, 0.4) is 0 Å². The Morgan fingerprint density at radius 3 is 2.50 bits per heavy atom. The molecule has 4 N–H and O–H groups in total.